The highest BCUT2D eigenvalue weighted by Gasteiger charge is 2.25. The molecule has 0 spiro atoms. The van der Waals surface area contributed by atoms with Crippen LogP contribution >= 0.6 is 15.9 Å². The van der Waals surface area contributed by atoms with Crippen LogP contribution < -0.4 is 0 Å². The zero-order valence-corrected chi connectivity index (χ0v) is 14.5. The highest BCUT2D eigenvalue weighted by Crippen LogP contribution is 2.34. The van der Waals surface area contributed by atoms with Gasteiger partial charge < -0.3 is 0 Å². The number of rotatable bonds is 2. The van der Waals surface area contributed by atoms with Crippen LogP contribution in [0.4, 0.5) is 13.2 Å². The summed E-state index contributed by atoms with van der Waals surface area (Å²) in [5.74, 6) is -1.63. The van der Waals surface area contributed by atoms with Crippen molar-refractivity contribution in [3.63, 3.8) is 0 Å². The SMILES string of the molecule is CC.Fc1cc(Br)ccc1[C@H]1CCC(c2c(F)cccc2F)=N1. The van der Waals surface area contributed by atoms with E-state index in [1.54, 1.807) is 12.1 Å². The van der Waals surface area contributed by atoms with Crippen molar-refractivity contribution < 1.29 is 13.2 Å². The average Bonchev–Trinajstić information content (AvgIpc) is 2.98. The lowest BCUT2D eigenvalue weighted by Gasteiger charge is -2.08. The van der Waals surface area contributed by atoms with Crippen molar-refractivity contribution in [2.75, 3.05) is 0 Å². The molecular weight excluding hydrogens is 367 g/mol. The fraction of sp³-hybridized carbons (Fsp3) is 0.278. The van der Waals surface area contributed by atoms with E-state index < -0.39 is 17.7 Å². The largest absolute Gasteiger partial charge is 0.281 e. The summed E-state index contributed by atoms with van der Waals surface area (Å²) >= 11 is 3.20. The van der Waals surface area contributed by atoms with Gasteiger partial charge in [0, 0.05) is 15.7 Å². The molecule has 122 valence electrons. The zero-order valence-electron chi connectivity index (χ0n) is 12.9. The van der Waals surface area contributed by atoms with Gasteiger partial charge in [0.15, 0.2) is 0 Å². The molecule has 0 unspecified atom stereocenters. The van der Waals surface area contributed by atoms with E-state index in [1.165, 1.54) is 24.3 Å². The molecule has 2 aromatic rings. The van der Waals surface area contributed by atoms with Crippen molar-refractivity contribution in [2.24, 2.45) is 4.99 Å². The van der Waals surface area contributed by atoms with Gasteiger partial charge in [-0.05, 0) is 37.1 Å². The Hall–Kier alpha value is -1.62. The minimum atomic E-state index is -0.634. The van der Waals surface area contributed by atoms with E-state index in [2.05, 4.69) is 20.9 Å². The Kier molecular flexibility index (Phi) is 5.99. The maximum absolute atomic E-state index is 13.9. The van der Waals surface area contributed by atoms with E-state index in [4.69, 9.17) is 0 Å². The van der Waals surface area contributed by atoms with Crippen LogP contribution in [-0.2, 0) is 0 Å². The Bertz CT molecular complexity index is 708. The van der Waals surface area contributed by atoms with Crippen molar-refractivity contribution in [1.82, 2.24) is 0 Å². The maximum atomic E-state index is 13.9. The van der Waals surface area contributed by atoms with Crippen molar-refractivity contribution >= 4 is 21.6 Å². The predicted octanol–water partition coefficient (Wildman–Crippen LogP) is 6.22. The number of halogens is 4. The number of hydrogen-bond acceptors (Lipinski definition) is 1. The van der Waals surface area contributed by atoms with Crippen LogP contribution in [0, 0.1) is 17.5 Å². The number of hydrogen-bond donors (Lipinski definition) is 0. The molecule has 0 bridgehead atoms. The second-order valence-electron chi connectivity index (χ2n) is 4.89. The van der Waals surface area contributed by atoms with Gasteiger partial charge in [0.05, 0.1) is 11.6 Å². The second kappa shape index (κ2) is 7.77. The molecule has 0 N–H and O–H groups in total. The fourth-order valence-electron chi connectivity index (χ4n) is 2.55. The summed E-state index contributed by atoms with van der Waals surface area (Å²) in [7, 11) is 0. The summed E-state index contributed by atoms with van der Waals surface area (Å²) in [6.07, 6.45) is 0.972. The molecular formula is C18H17BrF3N. The highest BCUT2D eigenvalue weighted by molar-refractivity contribution is 9.10. The molecule has 0 saturated carbocycles. The Balaban J connectivity index is 0.000000924. The van der Waals surface area contributed by atoms with Gasteiger partial charge in [-0.25, -0.2) is 13.2 Å². The monoisotopic (exact) mass is 383 g/mol. The summed E-state index contributed by atoms with van der Waals surface area (Å²) in [6, 6.07) is 8.07. The Morgan fingerprint density at radius 2 is 1.65 bits per heavy atom. The molecule has 0 aliphatic carbocycles. The third kappa shape index (κ3) is 3.83. The van der Waals surface area contributed by atoms with Crippen LogP contribution in [0.25, 0.3) is 0 Å². The first-order chi connectivity index (χ1) is 11.1. The number of nitrogens with zero attached hydrogens (tertiary/aromatic N) is 1. The molecule has 1 nitrogen and oxygen atoms in total. The summed E-state index contributed by atoms with van der Waals surface area (Å²) in [5.41, 5.74) is 0.709. The lowest BCUT2D eigenvalue weighted by Crippen LogP contribution is -2.03. The zero-order chi connectivity index (χ0) is 17.0. The van der Waals surface area contributed by atoms with Crippen LogP contribution in [0.5, 0.6) is 0 Å². The average molecular weight is 384 g/mol. The van der Waals surface area contributed by atoms with Gasteiger partial charge >= 0.3 is 0 Å². The molecule has 2 aromatic carbocycles. The van der Waals surface area contributed by atoms with E-state index >= 15 is 0 Å². The molecule has 1 atom stereocenters. The van der Waals surface area contributed by atoms with Crippen LogP contribution in [0.15, 0.2) is 45.9 Å². The van der Waals surface area contributed by atoms with Crippen molar-refractivity contribution in [3.05, 3.63) is 69.4 Å². The van der Waals surface area contributed by atoms with Crippen LogP contribution in [0.3, 0.4) is 0 Å². The normalized spacial score (nSPS) is 16.6. The Morgan fingerprint density at radius 3 is 2.26 bits per heavy atom. The molecule has 5 heteroatoms. The Labute approximate surface area is 142 Å². The molecule has 0 amide bonds. The van der Waals surface area contributed by atoms with E-state index in [-0.39, 0.29) is 11.4 Å². The topological polar surface area (TPSA) is 12.4 Å². The van der Waals surface area contributed by atoms with E-state index in [9.17, 15) is 13.2 Å². The van der Waals surface area contributed by atoms with Gasteiger partial charge in [0.2, 0.25) is 0 Å². The molecule has 0 saturated heterocycles. The first-order valence-electron chi connectivity index (χ1n) is 7.52. The molecule has 1 aliphatic rings. The minimum absolute atomic E-state index is 0.0995. The molecule has 0 fully saturated rings. The van der Waals surface area contributed by atoms with Gasteiger partial charge in [0.1, 0.15) is 17.5 Å². The van der Waals surface area contributed by atoms with Crippen molar-refractivity contribution in [3.8, 4) is 0 Å². The van der Waals surface area contributed by atoms with Gasteiger partial charge in [-0.3, -0.25) is 4.99 Å². The third-order valence-corrected chi connectivity index (χ3v) is 4.03. The summed E-state index contributed by atoms with van der Waals surface area (Å²) < 4.78 is 42.1. The van der Waals surface area contributed by atoms with Crippen LogP contribution in [0.2, 0.25) is 0 Å². The molecule has 23 heavy (non-hydrogen) atoms. The number of benzene rings is 2. The third-order valence-electron chi connectivity index (χ3n) is 3.54. The lowest BCUT2D eigenvalue weighted by molar-refractivity contribution is 0.578. The van der Waals surface area contributed by atoms with Gasteiger partial charge in [0.25, 0.3) is 0 Å². The van der Waals surface area contributed by atoms with Crippen molar-refractivity contribution in [1.29, 1.82) is 0 Å². The van der Waals surface area contributed by atoms with E-state index in [0.29, 0.717) is 28.6 Å². The highest BCUT2D eigenvalue weighted by atomic mass is 79.9. The maximum Gasteiger partial charge on any atom is 0.135 e. The first kappa shape index (κ1) is 17.7. The second-order valence-corrected chi connectivity index (χ2v) is 5.81. The lowest BCUT2D eigenvalue weighted by atomic mass is 10.0. The molecule has 1 heterocycles. The van der Waals surface area contributed by atoms with Gasteiger partial charge in [-0.15, -0.1) is 0 Å². The van der Waals surface area contributed by atoms with E-state index in [1.807, 2.05) is 13.8 Å². The van der Waals surface area contributed by atoms with Crippen LogP contribution in [-0.4, -0.2) is 5.71 Å². The van der Waals surface area contributed by atoms with Crippen molar-refractivity contribution in [2.45, 2.75) is 32.7 Å². The van der Waals surface area contributed by atoms with Gasteiger partial charge in [-0.2, -0.15) is 0 Å². The summed E-state index contributed by atoms with van der Waals surface area (Å²) in [4.78, 5) is 4.32. The molecule has 3 rings (SSSR count). The molecule has 0 aromatic heterocycles. The smallest absolute Gasteiger partial charge is 0.135 e. The number of aliphatic imine (C=N–C) groups is 1. The van der Waals surface area contributed by atoms with E-state index in [0.717, 1.165) is 0 Å². The summed E-state index contributed by atoms with van der Waals surface area (Å²) in [5, 5.41) is 0. The first-order valence-corrected chi connectivity index (χ1v) is 8.31. The molecule has 0 radical (unpaired) electrons. The fourth-order valence-corrected chi connectivity index (χ4v) is 2.88. The van der Waals surface area contributed by atoms with Gasteiger partial charge in [-0.1, -0.05) is 41.9 Å². The predicted molar refractivity (Wildman–Crippen MR) is 90.3 cm³/mol. The minimum Gasteiger partial charge on any atom is -0.281 e. The molecule has 1 aliphatic heterocycles. The quantitative estimate of drug-likeness (QED) is 0.583. The van der Waals surface area contributed by atoms with Crippen LogP contribution in [0.1, 0.15) is 43.9 Å². The summed E-state index contributed by atoms with van der Waals surface area (Å²) in [6.45, 7) is 4.00. The Morgan fingerprint density at radius 1 is 1.00 bits per heavy atom. The standard InChI is InChI=1S/C16H11BrF3N.C2H6/c17-9-4-5-10(13(20)8-9)14-6-7-15(21-14)16-11(18)2-1-3-12(16)19;1-2/h1-5,8,14H,6-7H2;1-2H3/t14-;/m1./s1.